The molecule has 1 heterocycles. The Bertz CT molecular complexity index is 614. The number of esters is 1. The molecule has 0 aliphatic carbocycles. The Morgan fingerprint density at radius 3 is 2.70 bits per heavy atom. The average Bonchev–Trinajstić information content (AvgIpc) is 2.53. The minimum Gasteiger partial charge on any atom is -0.497 e. The molecule has 0 amide bonds. The van der Waals surface area contributed by atoms with Gasteiger partial charge in [-0.25, -0.2) is 9.78 Å². The van der Waals surface area contributed by atoms with Gasteiger partial charge in [0.2, 0.25) is 0 Å². The second-order valence-electron chi connectivity index (χ2n) is 4.15. The molecular weight excluding hydrogens is 256 g/mol. The molecular formula is C15H16N2O3. The number of aromatic nitrogens is 1. The maximum absolute atomic E-state index is 11.5. The van der Waals surface area contributed by atoms with Gasteiger partial charge in [0.15, 0.2) is 0 Å². The molecule has 1 aromatic carbocycles. The van der Waals surface area contributed by atoms with Crippen LogP contribution >= 0.6 is 0 Å². The van der Waals surface area contributed by atoms with E-state index in [-0.39, 0.29) is 5.97 Å². The third-order valence-corrected chi connectivity index (χ3v) is 2.95. The molecule has 0 saturated heterocycles. The molecule has 0 radical (unpaired) electrons. The molecule has 5 nitrogen and oxygen atoms in total. The number of nitrogens with zero attached hydrogens (tertiary/aromatic N) is 2. The van der Waals surface area contributed by atoms with Gasteiger partial charge in [-0.15, -0.1) is 0 Å². The predicted molar refractivity (Wildman–Crippen MR) is 76.6 cm³/mol. The highest BCUT2D eigenvalue weighted by molar-refractivity contribution is 5.90. The Hall–Kier alpha value is -2.56. The molecule has 0 unspecified atom stereocenters. The smallest absolute Gasteiger partial charge is 0.338 e. The summed E-state index contributed by atoms with van der Waals surface area (Å²) >= 11 is 0. The Morgan fingerprint density at radius 2 is 2.00 bits per heavy atom. The Morgan fingerprint density at radius 1 is 1.20 bits per heavy atom. The number of hydrogen-bond acceptors (Lipinski definition) is 5. The van der Waals surface area contributed by atoms with Crippen LogP contribution in [-0.4, -0.2) is 32.2 Å². The molecule has 104 valence electrons. The number of hydrogen-bond donors (Lipinski definition) is 0. The van der Waals surface area contributed by atoms with Gasteiger partial charge in [0.05, 0.1) is 19.8 Å². The number of ether oxygens (including phenoxy) is 2. The first-order valence-electron chi connectivity index (χ1n) is 6.08. The number of methoxy groups -OCH3 is 2. The van der Waals surface area contributed by atoms with Gasteiger partial charge >= 0.3 is 5.97 Å². The highest BCUT2D eigenvalue weighted by Crippen LogP contribution is 2.25. The van der Waals surface area contributed by atoms with Gasteiger partial charge in [0, 0.05) is 25.0 Å². The van der Waals surface area contributed by atoms with Crippen LogP contribution in [0.2, 0.25) is 0 Å². The highest BCUT2D eigenvalue weighted by atomic mass is 16.5. The fourth-order valence-corrected chi connectivity index (χ4v) is 1.80. The van der Waals surface area contributed by atoms with Crippen molar-refractivity contribution < 1.29 is 14.3 Å². The third kappa shape index (κ3) is 2.88. The monoisotopic (exact) mass is 272 g/mol. The number of carbonyl (C=O) groups is 1. The average molecular weight is 272 g/mol. The molecule has 0 saturated carbocycles. The molecule has 0 aliphatic rings. The predicted octanol–water partition coefficient (Wildman–Crippen LogP) is 2.64. The zero-order valence-corrected chi connectivity index (χ0v) is 11.7. The fourth-order valence-electron chi connectivity index (χ4n) is 1.80. The van der Waals surface area contributed by atoms with Gasteiger partial charge in [-0.1, -0.05) is 6.07 Å². The summed E-state index contributed by atoms with van der Waals surface area (Å²) in [5, 5.41) is 0. The summed E-state index contributed by atoms with van der Waals surface area (Å²) in [5.41, 5.74) is 1.38. The van der Waals surface area contributed by atoms with Crippen molar-refractivity contribution in [3.05, 3.63) is 48.2 Å². The van der Waals surface area contributed by atoms with Crippen molar-refractivity contribution in [1.82, 2.24) is 4.98 Å². The van der Waals surface area contributed by atoms with Crippen LogP contribution in [0.1, 0.15) is 10.4 Å². The second-order valence-corrected chi connectivity index (χ2v) is 4.15. The van der Waals surface area contributed by atoms with Crippen LogP contribution in [-0.2, 0) is 4.74 Å². The van der Waals surface area contributed by atoms with E-state index in [1.165, 1.54) is 7.11 Å². The van der Waals surface area contributed by atoms with E-state index in [1.54, 1.807) is 25.4 Å². The van der Waals surface area contributed by atoms with E-state index < -0.39 is 0 Å². The quantitative estimate of drug-likeness (QED) is 0.801. The molecule has 0 N–H and O–H groups in total. The maximum Gasteiger partial charge on any atom is 0.338 e. The van der Waals surface area contributed by atoms with Gasteiger partial charge in [-0.3, -0.25) is 0 Å². The molecule has 0 fully saturated rings. The topological polar surface area (TPSA) is 51.7 Å². The molecule has 20 heavy (non-hydrogen) atoms. The summed E-state index contributed by atoms with van der Waals surface area (Å²) in [6, 6.07) is 10.9. The first kappa shape index (κ1) is 13.9. The fraction of sp³-hybridized carbons (Fsp3) is 0.200. The van der Waals surface area contributed by atoms with Crippen LogP contribution in [0, 0.1) is 0 Å². The lowest BCUT2D eigenvalue weighted by Crippen LogP contribution is -2.12. The molecule has 0 atom stereocenters. The van der Waals surface area contributed by atoms with Crippen molar-refractivity contribution in [2.45, 2.75) is 0 Å². The van der Waals surface area contributed by atoms with Gasteiger partial charge < -0.3 is 14.4 Å². The minimum absolute atomic E-state index is 0.382. The minimum atomic E-state index is -0.382. The number of pyridine rings is 1. The molecule has 2 rings (SSSR count). The van der Waals surface area contributed by atoms with Crippen molar-refractivity contribution in [3.8, 4) is 5.75 Å². The zero-order chi connectivity index (χ0) is 14.5. The van der Waals surface area contributed by atoms with E-state index in [4.69, 9.17) is 9.47 Å². The van der Waals surface area contributed by atoms with Crippen LogP contribution in [0.4, 0.5) is 11.5 Å². The summed E-state index contributed by atoms with van der Waals surface area (Å²) in [4.78, 5) is 17.7. The molecule has 0 bridgehead atoms. The Labute approximate surface area is 117 Å². The van der Waals surface area contributed by atoms with Crippen LogP contribution in [0.15, 0.2) is 42.6 Å². The third-order valence-electron chi connectivity index (χ3n) is 2.95. The van der Waals surface area contributed by atoms with Crippen molar-refractivity contribution >= 4 is 17.5 Å². The molecule has 5 heteroatoms. The van der Waals surface area contributed by atoms with Crippen LogP contribution in [0.5, 0.6) is 5.75 Å². The number of anilines is 2. The van der Waals surface area contributed by atoms with Gasteiger partial charge in [-0.05, 0) is 24.3 Å². The molecule has 0 spiro atoms. The van der Waals surface area contributed by atoms with Gasteiger partial charge in [-0.2, -0.15) is 0 Å². The number of carbonyl (C=O) groups excluding carboxylic acids is 1. The van der Waals surface area contributed by atoms with Crippen LogP contribution < -0.4 is 9.64 Å². The lowest BCUT2D eigenvalue weighted by Gasteiger charge is -2.19. The van der Waals surface area contributed by atoms with E-state index in [2.05, 4.69) is 4.98 Å². The van der Waals surface area contributed by atoms with E-state index >= 15 is 0 Å². The molecule has 0 aliphatic heterocycles. The largest absolute Gasteiger partial charge is 0.497 e. The van der Waals surface area contributed by atoms with Crippen molar-refractivity contribution in [1.29, 1.82) is 0 Å². The number of rotatable bonds is 4. The summed E-state index contributed by atoms with van der Waals surface area (Å²) in [6.45, 7) is 0. The Balaban J connectivity index is 2.32. The molecule has 1 aromatic heterocycles. The van der Waals surface area contributed by atoms with Crippen molar-refractivity contribution in [3.63, 3.8) is 0 Å². The Kier molecular flexibility index (Phi) is 4.20. The summed E-state index contributed by atoms with van der Waals surface area (Å²) < 4.78 is 9.91. The van der Waals surface area contributed by atoms with E-state index in [9.17, 15) is 4.79 Å². The molecule has 2 aromatic rings. The lowest BCUT2D eigenvalue weighted by molar-refractivity contribution is 0.0600. The van der Waals surface area contributed by atoms with Gasteiger partial charge in [0.25, 0.3) is 0 Å². The van der Waals surface area contributed by atoms with Crippen molar-refractivity contribution in [2.24, 2.45) is 0 Å². The van der Waals surface area contributed by atoms with E-state index in [0.29, 0.717) is 11.4 Å². The normalized spacial score (nSPS) is 9.95. The summed E-state index contributed by atoms with van der Waals surface area (Å²) in [5.74, 6) is 1.03. The standard InChI is InChI=1S/C15H16N2O3/c1-17(12-5-4-6-13(10-12)19-2)14-9-11(7-8-16-14)15(18)20-3/h4-10H,1-3H3. The van der Waals surface area contributed by atoms with Crippen molar-refractivity contribution in [2.75, 3.05) is 26.2 Å². The second kappa shape index (κ2) is 6.06. The number of benzene rings is 1. The SMILES string of the molecule is COC(=O)c1ccnc(N(C)c2cccc(OC)c2)c1. The lowest BCUT2D eigenvalue weighted by atomic mass is 10.2. The van der Waals surface area contributed by atoms with E-state index in [0.717, 1.165) is 11.4 Å². The highest BCUT2D eigenvalue weighted by Gasteiger charge is 2.10. The first-order chi connectivity index (χ1) is 9.65. The van der Waals surface area contributed by atoms with E-state index in [1.807, 2.05) is 36.2 Å². The zero-order valence-electron chi connectivity index (χ0n) is 11.7. The van der Waals surface area contributed by atoms with Crippen LogP contribution in [0.25, 0.3) is 0 Å². The summed E-state index contributed by atoms with van der Waals surface area (Å²) in [7, 11) is 4.85. The maximum atomic E-state index is 11.5. The first-order valence-corrected chi connectivity index (χ1v) is 6.08. The van der Waals surface area contributed by atoms with Gasteiger partial charge in [0.1, 0.15) is 11.6 Å². The van der Waals surface area contributed by atoms with Crippen LogP contribution in [0.3, 0.4) is 0 Å². The summed E-state index contributed by atoms with van der Waals surface area (Å²) in [6.07, 6.45) is 1.58.